The van der Waals surface area contributed by atoms with E-state index >= 15 is 0 Å². The van der Waals surface area contributed by atoms with Crippen LogP contribution in [-0.2, 0) is 5.33 Å². The second-order valence-electron chi connectivity index (χ2n) is 6.03. The Hall–Kier alpha value is -0.640. The van der Waals surface area contributed by atoms with Gasteiger partial charge < -0.3 is 4.90 Å². The molecule has 0 aliphatic heterocycles. The number of alkyl halides is 1. The second-order valence-corrected chi connectivity index (χ2v) is 6.59. The van der Waals surface area contributed by atoms with Crippen LogP contribution in [0.25, 0.3) is 0 Å². The van der Waals surface area contributed by atoms with E-state index in [9.17, 15) is 8.78 Å². The first kappa shape index (κ1) is 15.7. The molecule has 0 atom stereocenters. The molecule has 1 aliphatic rings. The molecule has 0 aromatic heterocycles. The number of nitrogens with zero attached hydrogens (tertiary/aromatic N) is 1. The molecule has 4 heteroatoms. The fraction of sp³-hybridized carbons (Fsp3) is 0.625. The van der Waals surface area contributed by atoms with Crippen LogP contribution in [0.3, 0.4) is 0 Å². The fourth-order valence-corrected chi connectivity index (χ4v) is 3.33. The van der Waals surface area contributed by atoms with Crippen LogP contribution in [0.2, 0.25) is 0 Å². The summed E-state index contributed by atoms with van der Waals surface area (Å²) >= 11 is 3.25. The van der Waals surface area contributed by atoms with Crippen molar-refractivity contribution in [2.45, 2.75) is 50.9 Å². The smallest absolute Gasteiger partial charge is 0.149 e. The lowest BCUT2D eigenvalue weighted by atomic mass is 10.1. The Morgan fingerprint density at radius 2 is 1.75 bits per heavy atom. The Morgan fingerprint density at radius 1 is 1.20 bits per heavy atom. The average Bonchev–Trinajstić information content (AvgIpc) is 2.89. The molecule has 0 radical (unpaired) electrons. The molecule has 112 valence electrons. The highest BCUT2D eigenvalue weighted by atomic mass is 79.9. The summed E-state index contributed by atoms with van der Waals surface area (Å²) in [6.07, 6.45) is 4.38. The van der Waals surface area contributed by atoms with E-state index in [4.69, 9.17) is 0 Å². The monoisotopic (exact) mass is 345 g/mol. The summed E-state index contributed by atoms with van der Waals surface area (Å²) in [6, 6.07) is 3.15. The van der Waals surface area contributed by atoms with Gasteiger partial charge in [0.25, 0.3) is 0 Å². The van der Waals surface area contributed by atoms with Gasteiger partial charge in [0, 0.05) is 17.9 Å². The summed E-state index contributed by atoms with van der Waals surface area (Å²) in [5.41, 5.74) is 0.801. The summed E-state index contributed by atoms with van der Waals surface area (Å²) < 4.78 is 28.7. The molecule has 0 amide bonds. The van der Waals surface area contributed by atoms with Gasteiger partial charge in [-0.25, -0.2) is 8.78 Å². The minimum absolute atomic E-state index is 0.162. The zero-order valence-corrected chi connectivity index (χ0v) is 13.7. The molecule has 1 aromatic carbocycles. The summed E-state index contributed by atoms with van der Waals surface area (Å²) in [5, 5.41) is 0.467. The van der Waals surface area contributed by atoms with Crippen LogP contribution in [0.5, 0.6) is 0 Å². The van der Waals surface area contributed by atoms with Gasteiger partial charge in [0.1, 0.15) is 17.3 Å². The Bertz CT molecular complexity index is 433. The van der Waals surface area contributed by atoms with Crippen molar-refractivity contribution < 1.29 is 8.78 Å². The quantitative estimate of drug-likeness (QED) is 0.657. The molecule has 0 heterocycles. The highest BCUT2D eigenvalue weighted by Gasteiger charge is 2.28. The highest BCUT2D eigenvalue weighted by Crippen LogP contribution is 2.33. The molecular weight excluding hydrogens is 324 g/mol. The van der Waals surface area contributed by atoms with Gasteiger partial charge in [-0.2, -0.15) is 0 Å². The topological polar surface area (TPSA) is 3.24 Å². The number of rotatable bonds is 5. The third-order valence-electron chi connectivity index (χ3n) is 3.85. The van der Waals surface area contributed by atoms with Crippen LogP contribution in [0.4, 0.5) is 14.5 Å². The zero-order chi connectivity index (χ0) is 14.7. The normalized spacial score (nSPS) is 16.1. The van der Waals surface area contributed by atoms with Crippen molar-refractivity contribution >= 4 is 21.6 Å². The highest BCUT2D eigenvalue weighted by molar-refractivity contribution is 9.08. The molecule has 1 fully saturated rings. The maximum absolute atomic E-state index is 14.3. The summed E-state index contributed by atoms with van der Waals surface area (Å²) in [5.74, 6) is -0.496. The van der Waals surface area contributed by atoms with Crippen LogP contribution < -0.4 is 4.90 Å². The van der Waals surface area contributed by atoms with Crippen molar-refractivity contribution in [3.63, 3.8) is 0 Å². The molecule has 0 unspecified atom stereocenters. The Morgan fingerprint density at radius 3 is 2.20 bits per heavy atom. The van der Waals surface area contributed by atoms with Gasteiger partial charge in [-0.1, -0.05) is 42.6 Å². The first-order chi connectivity index (χ1) is 9.52. The number of anilines is 1. The molecule has 1 nitrogen and oxygen atoms in total. The van der Waals surface area contributed by atoms with Crippen LogP contribution in [0, 0.1) is 17.6 Å². The molecule has 2 rings (SSSR count). The third kappa shape index (κ3) is 3.51. The summed E-state index contributed by atoms with van der Waals surface area (Å²) in [4.78, 5) is 1.96. The largest absolute Gasteiger partial charge is 0.364 e. The van der Waals surface area contributed by atoms with Gasteiger partial charge >= 0.3 is 0 Å². The Kier molecular flexibility index (Phi) is 5.42. The minimum Gasteiger partial charge on any atom is -0.364 e. The molecule has 1 saturated carbocycles. The fourth-order valence-electron chi connectivity index (χ4n) is 3.00. The number of benzene rings is 1. The molecule has 0 saturated heterocycles. The Balaban J connectivity index is 2.37. The second kappa shape index (κ2) is 6.88. The van der Waals surface area contributed by atoms with Crippen molar-refractivity contribution in [2.24, 2.45) is 5.92 Å². The molecular formula is C16H22BrF2N. The standard InChI is InChI=1S/C16H22BrF2N/c1-11(2)10-20(13-5-3-4-6-13)16-14(18)7-12(9-17)8-15(16)19/h7-8,11,13H,3-6,9-10H2,1-2H3. The van der Waals surface area contributed by atoms with Crippen LogP contribution in [0.15, 0.2) is 12.1 Å². The third-order valence-corrected chi connectivity index (χ3v) is 4.49. The summed E-state index contributed by atoms with van der Waals surface area (Å²) in [6.45, 7) is 4.88. The first-order valence-electron chi connectivity index (χ1n) is 7.33. The number of hydrogen-bond donors (Lipinski definition) is 0. The molecule has 20 heavy (non-hydrogen) atoms. The molecule has 0 N–H and O–H groups in total. The van der Waals surface area contributed by atoms with Gasteiger partial charge in [-0.05, 0) is 36.5 Å². The molecule has 0 bridgehead atoms. The van der Waals surface area contributed by atoms with E-state index in [1.807, 2.05) is 4.90 Å². The van der Waals surface area contributed by atoms with E-state index in [1.165, 1.54) is 12.1 Å². The minimum atomic E-state index is -0.438. The van der Waals surface area contributed by atoms with E-state index in [0.717, 1.165) is 25.7 Å². The maximum Gasteiger partial charge on any atom is 0.149 e. The first-order valence-corrected chi connectivity index (χ1v) is 8.45. The van der Waals surface area contributed by atoms with Gasteiger partial charge in [0.2, 0.25) is 0 Å². The van der Waals surface area contributed by atoms with E-state index in [-0.39, 0.29) is 11.7 Å². The van der Waals surface area contributed by atoms with Crippen LogP contribution >= 0.6 is 15.9 Å². The average molecular weight is 346 g/mol. The van der Waals surface area contributed by atoms with Crippen molar-refractivity contribution in [3.8, 4) is 0 Å². The summed E-state index contributed by atoms with van der Waals surface area (Å²) in [7, 11) is 0. The van der Waals surface area contributed by atoms with E-state index in [0.29, 0.717) is 23.4 Å². The Labute approximate surface area is 128 Å². The van der Waals surface area contributed by atoms with Crippen LogP contribution in [0.1, 0.15) is 45.1 Å². The number of halogens is 3. The lowest BCUT2D eigenvalue weighted by molar-refractivity contribution is 0.500. The van der Waals surface area contributed by atoms with Gasteiger partial charge in [-0.3, -0.25) is 0 Å². The van der Waals surface area contributed by atoms with Crippen molar-refractivity contribution in [1.29, 1.82) is 0 Å². The number of hydrogen-bond acceptors (Lipinski definition) is 1. The van der Waals surface area contributed by atoms with Crippen LogP contribution in [-0.4, -0.2) is 12.6 Å². The molecule has 1 aromatic rings. The lowest BCUT2D eigenvalue weighted by Gasteiger charge is -2.33. The lowest BCUT2D eigenvalue weighted by Crippen LogP contribution is -2.37. The van der Waals surface area contributed by atoms with Gasteiger partial charge in [-0.15, -0.1) is 0 Å². The molecule has 0 spiro atoms. The maximum atomic E-state index is 14.3. The van der Waals surface area contributed by atoms with Crippen molar-refractivity contribution in [3.05, 3.63) is 29.3 Å². The predicted molar refractivity (Wildman–Crippen MR) is 83.4 cm³/mol. The van der Waals surface area contributed by atoms with E-state index in [2.05, 4.69) is 29.8 Å². The van der Waals surface area contributed by atoms with Gasteiger partial charge in [0.15, 0.2) is 0 Å². The van der Waals surface area contributed by atoms with Crippen molar-refractivity contribution in [1.82, 2.24) is 0 Å². The van der Waals surface area contributed by atoms with Gasteiger partial charge in [0.05, 0.1) is 0 Å². The van der Waals surface area contributed by atoms with E-state index < -0.39 is 11.6 Å². The predicted octanol–water partition coefficient (Wildman–Crippen LogP) is 5.26. The van der Waals surface area contributed by atoms with Crippen molar-refractivity contribution in [2.75, 3.05) is 11.4 Å². The molecule has 1 aliphatic carbocycles. The SMILES string of the molecule is CC(C)CN(c1c(F)cc(CBr)cc1F)C1CCCC1. The van der Waals surface area contributed by atoms with E-state index in [1.54, 1.807) is 0 Å². The zero-order valence-electron chi connectivity index (χ0n) is 12.1.